The maximum Gasteiger partial charge on any atom is 0.127 e. The van der Waals surface area contributed by atoms with Gasteiger partial charge in [-0.1, -0.05) is 24.6 Å². The first-order chi connectivity index (χ1) is 7.17. The smallest absolute Gasteiger partial charge is 0.127 e. The van der Waals surface area contributed by atoms with E-state index in [4.69, 9.17) is 5.11 Å². The average Bonchev–Trinajstić information content (AvgIpc) is 2.24. The normalized spacial score (nSPS) is 12.8. The molecule has 15 heavy (non-hydrogen) atoms. The van der Waals surface area contributed by atoms with Gasteiger partial charge in [0.1, 0.15) is 5.82 Å². The third kappa shape index (κ3) is 3.61. The lowest BCUT2D eigenvalue weighted by Crippen LogP contribution is -2.31. The zero-order valence-corrected chi connectivity index (χ0v) is 9.26. The number of hydrogen-bond acceptors (Lipinski definition) is 2. The summed E-state index contributed by atoms with van der Waals surface area (Å²) in [4.78, 5) is 0. The molecule has 0 saturated carbocycles. The average molecular weight is 211 g/mol. The summed E-state index contributed by atoms with van der Waals surface area (Å²) in [5, 5.41) is 12.1. The van der Waals surface area contributed by atoms with Crippen LogP contribution in [0.25, 0.3) is 0 Å². The molecule has 0 amide bonds. The first-order valence-electron chi connectivity index (χ1n) is 5.26. The Balaban J connectivity index is 2.60. The largest absolute Gasteiger partial charge is 0.395 e. The molecule has 0 heterocycles. The van der Waals surface area contributed by atoms with Crippen LogP contribution in [0.5, 0.6) is 0 Å². The molecular weight excluding hydrogens is 193 g/mol. The van der Waals surface area contributed by atoms with Crippen LogP contribution in [0.2, 0.25) is 0 Å². The molecule has 1 aromatic carbocycles. The molecule has 1 aromatic rings. The molecule has 0 fully saturated rings. The maximum absolute atomic E-state index is 13.3. The highest BCUT2D eigenvalue weighted by Crippen LogP contribution is 2.10. The van der Waals surface area contributed by atoms with Crippen molar-refractivity contribution in [3.05, 3.63) is 35.1 Å². The lowest BCUT2D eigenvalue weighted by molar-refractivity contribution is 0.238. The Bertz CT molecular complexity index is 310. The third-order valence-electron chi connectivity index (χ3n) is 2.50. The van der Waals surface area contributed by atoms with E-state index in [9.17, 15) is 4.39 Å². The molecule has 1 unspecified atom stereocenters. The first-order valence-corrected chi connectivity index (χ1v) is 5.26. The number of rotatable bonds is 5. The Morgan fingerprint density at radius 1 is 1.47 bits per heavy atom. The Kier molecular flexibility index (Phi) is 4.72. The van der Waals surface area contributed by atoms with Gasteiger partial charge in [-0.25, -0.2) is 4.39 Å². The fourth-order valence-electron chi connectivity index (χ4n) is 1.43. The van der Waals surface area contributed by atoms with Gasteiger partial charge in [0, 0.05) is 18.2 Å². The van der Waals surface area contributed by atoms with E-state index in [1.165, 1.54) is 6.07 Å². The number of aliphatic hydroxyl groups is 1. The standard InChI is InChI=1S/C12H18FNO/c1-3-11(8-15)14-7-10-6-9(2)4-5-12(10)13/h4-6,11,14-15H,3,7-8H2,1-2H3. The molecule has 0 aliphatic heterocycles. The lowest BCUT2D eigenvalue weighted by atomic mass is 10.1. The fourth-order valence-corrected chi connectivity index (χ4v) is 1.43. The van der Waals surface area contributed by atoms with Crippen molar-refractivity contribution in [2.75, 3.05) is 6.61 Å². The highest BCUT2D eigenvalue weighted by atomic mass is 19.1. The van der Waals surface area contributed by atoms with Crippen LogP contribution in [0, 0.1) is 12.7 Å². The van der Waals surface area contributed by atoms with Crippen LogP contribution in [0.15, 0.2) is 18.2 Å². The van der Waals surface area contributed by atoms with Gasteiger partial charge < -0.3 is 10.4 Å². The summed E-state index contributed by atoms with van der Waals surface area (Å²) in [6.07, 6.45) is 0.837. The number of nitrogens with one attached hydrogen (secondary N) is 1. The van der Waals surface area contributed by atoms with Crippen LogP contribution >= 0.6 is 0 Å². The van der Waals surface area contributed by atoms with Crippen molar-refractivity contribution in [1.82, 2.24) is 5.32 Å². The summed E-state index contributed by atoms with van der Waals surface area (Å²) < 4.78 is 13.3. The van der Waals surface area contributed by atoms with E-state index in [1.54, 1.807) is 6.07 Å². The summed E-state index contributed by atoms with van der Waals surface area (Å²) in [6.45, 7) is 4.48. The van der Waals surface area contributed by atoms with Crippen LogP contribution in [-0.2, 0) is 6.54 Å². The molecule has 0 aliphatic carbocycles. The second kappa shape index (κ2) is 5.83. The summed E-state index contributed by atoms with van der Waals surface area (Å²) in [7, 11) is 0. The predicted octanol–water partition coefficient (Wildman–Crippen LogP) is 1.99. The molecule has 0 spiro atoms. The van der Waals surface area contributed by atoms with Gasteiger partial charge >= 0.3 is 0 Å². The second-order valence-corrected chi connectivity index (χ2v) is 3.76. The molecule has 1 atom stereocenters. The third-order valence-corrected chi connectivity index (χ3v) is 2.50. The molecule has 0 aliphatic rings. The molecule has 84 valence electrons. The van der Waals surface area contributed by atoms with Gasteiger partial charge in [-0.2, -0.15) is 0 Å². The van der Waals surface area contributed by atoms with E-state index < -0.39 is 0 Å². The monoisotopic (exact) mass is 211 g/mol. The lowest BCUT2D eigenvalue weighted by Gasteiger charge is -2.14. The SMILES string of the molecule is CCC(CO)NCc1cc(C)ccc1F. The number of aliphatic hydroxyl groups excluding tert-OH is 1. The minimum Gasteiger partial charge on any atom is -0.395 e. The van der Waals surface area contributed by atoms with E-state index in [2.05, 4.69) is 5.32 Å². The van der Waals surface area contributed by atoms with Crippen LogP contribution in [0.1, 0.15) is 24.5 Å². The molecular formula is C12H18FNO. The van der Waals surface area contributed by atoms with Crippen LogP contribution in [0.3, 0.4) is 0 Å². The second-order valence-electron chi connectivity index (χ2n) is 3.76. The topological polar surface area (TPSA) is 32.3 Å². The van der Waals surface area contributed by atoms with Crippen molar-refractivity contribution >= 4 is 0 Å². The van der Waals surface area contributed by atoms with Gasteiger partial charge in [0.2, 0.25) is 0 Å². The summed E-state index contributed by atoms with van der Waals surface area (Å²) in [6, 6.07) is 5.10. The van der Waals surface area contributed by atoms with E-state index in [1.807, 2.05) is 19.9 Å². The van der Waals surface area contributed by atoms with E-state index in [0.29, 0.717) is 12.1 Å². The van der Waals surface area contributed by atoms with Gasteiger partial charge in [-0.15, -0.1) is 0 Å². The zero-order valence-electron chi connectivity index (χ0n) is 9.26. The van der Waals surface area contributed by atoms with Crippen molar-refractivity contribution in [1.29, 1.82) is 0 Å². The fraction of sp³-hybridized carbons (Fsp3) is 0.500. The molecule has 2 nitrogen and oxygen atoms in total. The van der Waals surface area contributed by atoms with E-state index in [0.717, 1.165) is 12.0 Å². The summed E-state index contributed by atoms with van der Waals surface area (Å²) in [5.74, 6) is -0.194. The van der Waals surface area contributed by atoms with Gasteiger partial charge in [0.15, 0.2) is 0 Å². The van der Waals surface area contributed by atoms with Crippen LogP contribution in [-0.4, -0.2) is 17.8 Å². The number of aryl methyl sites for hydroxylation is 1. The summed E-state index contributed by atoms with van der Waals surface area (Å²) in [5.41, 5.74) is 1.70. The van der Waals surface area contributed by atoms with Crippen molar-refractivity contribution in [3.8, 4) is 0 Å². The number of benzene rings is 1. The molecule has 3 heteroatoms. The Labute approximate surface area is 90.1 Å². The number of hydrogen-bond donors (Lipinski definition) is 2. The Hall–Kier alpha value is -0.930. The Morgan fingerprint density at radius 3 is 2.80 bits per heavy atom. The number of halogens is 1. The van der Waals surface area contributed by atoms with Gasteiger partial charge in [0.25, 0.3) is 0 Å². The van der Waals surface area contributed by atoms with Gasteiger partial charge in [-0.3, -0.25) is 0 Å². The molecule has 0 bridgehead atoms. The van der Waals surface area contributed by atoms with Crippen LogP contribution in [0.4, 0.5) is 4.39 Å². The van der Waals surface area contributed by atoms with Gasteiger partial charge in [-0.05, 0) is 19.4 Å². The van der Waals surface area contributed by atoms with Crippen molar-refractivity contribution < 1.29 is 9.50 Å². The predicted molar refractivity (Wildman–Crippen MR) is 59.1 cm³/mol. The molecule has 0 radical (unpaired) electrons. The molecule has 0 aromatic heterocycles. The molecule has 1 rings (SSSR count). The highest BCUT2D eigenvalue weighted by Gasteiger charge is 2.06. The van der Waals surface area contributed by atoms with Crippen molar-refractivity contribution in [2.24, 2.45) is 0 Å². The van der Waals surface area contributed by atoms with Crippen molar-refractivity contribution in [3.63, 3.8) is 0 Å². The zero-order chi connectivity index (χ0) is 11.3. The quantitative estimate of drug-likeness (QED) is 0.780. The van der Waals surface area contributed by atoms with Crippen molar-refractivity contribution in [2.45, 2.75) is 32.9 Å². The molecule has 2 N–H and O–H groups in total. The Morgan fingerprint density at radius 2 is 2.20 bits per heavy atom. The minimum atomic E-state index is -0.194. The van der Waals surface area contributed by atoms with Gasteiger partial charge in [0.05, 0.1) is 6.61 Å². The summed E-state index contributed by atoms with van der Waals surface area (Å²) >= 11 is 0. The first kappa shape index (κ1) is 12.1. The maximum atomic E-state index is 13.3. The highest BCUT2D eigenvalue weighted by molar-refractivity contribution is 5.23. The minimum absolute atomic E-state index is 0.0462. The van der Waals surface area contributed by atoms with E-state index in [-0.39, 0.29) is 18.5 Å². The van der Waals surface area contributed by atoms with E-state index >= 15 is 0 Å². The molecule has 0 saturated heterocycles. The van der Waals surface area contributed by atoms with Crippen LogP contribution < -0.4 is 5.32 Å².